The van der Waals surface area contributed by atoms with E-state index in [9.17, 15) is 9.18 Å². The highest BCUT2D eigenvalue weighted by Crippen LogP contribution is 2.25. The van der Waals surface area contributed by atoms with Gasteiger partial charge in [-0.3, -0.25) is 4.79 Å². The van der Waals surface area contributed by atoms with Crippen LogP contribution in [-0.4, -0.2) is 46.4 Å². The van der Waals surface area contributed by atoms with E-state index in [2.05, 4.69) is 30.9 Å². The molecule has 0 saturated heterocycles. The van der Waals surface area contributed by atoms with Crippen molar-refractivity contribution >= 4 is 46.3 Å². The van der Waals surface area contributed by atoms with Crippen molar-refractivity contribution < 1.29 is 9.18 Å². The Bertz CT molecular complexity index is 1090. The van der Waals surface area contributed by atoms with Gasteiger partial charge in [0.2, 0.25) is 5.91 Å². The maximum absolute atomic E-state index is 13.3. The van der Waals surface area contributed by atoms with E-state index in [1.807, 2.05) is 19.0 Å². The Morgan fingerprint density at radius 3 is 2.65 bits per heavy atom. The molecule has 2 aromatic heterocycles. The Kier molecular flexibility index (Phi) is 7.47. The fourth-order valence-corrected chi connectivity index (χ4v) is 2.67. The van der Waals surface area contributed by atoms with Crippen molar-refractivity contribution in [1.29, 1.82) is 0 Å². The second-order valence-corrected chi connectivity index (χ2v) is 7.13. The van der Waals surface area contributed by atoms with Crippen LogP contribution in [0.15, 0.2) is 61.1 Å². The van der Waals surface area contributed by atoms with Crippen LogP contribution in [-0.2, 0) is 4.79 Å². The van der Waals surface area contributed by atoms with Crippen LogP contribution >= 0.6 is 11.6 Å². The molecule has 3 aromatic rings. The van der Waals surface area contributed by atoms with E-state index >= 15 is 0 Å². The summed E-state index contributed by atoms with van der Waals surface area (Å²) in [6, 6.07) is 9.44. The molecule has 0 unspecified atom stereocenters. The van der Waals surface area contributed by atoms with Crippen LogP contribution in [0.1, 0.15) is 0 Å². The fraction of sp³-hybridized carbons (Fsp3) is 0.143. The standard InChI is InChI=1S/C21H21ClFN7O/c1-30(2)10-4-6-20(31)29-21-17(5-3-9-24-21)28-19-12-18(25-13-26-19)27-14-7-8-16(23)15(22)11-14/h3-9,11-13H,10H2,1-2H3,(H,24,29,31)(H2,25,26,27,28)/b6-4+. The molecule has 0 radical (unpaired) electrons. The molecule has 3 N–H and O–H groups in total. The maximum atomic E-state index is 13.3. The smallest absolute Gasteiger partial charge is 0.249 e. The summed E-state index contributed by atoms with van der Waals surface area (Å²) in [6.45, 7) is 0.650. The molecular formula is C21H21ClFN7O. The van der Waals surface area contributed by atoms with Gasteiger partial charge < -0.3 is 20.9 Å². The van der Waals surface area contributed by atoms with Gasteiger partial charge in [0.25, 0.3) is 0 Å². The summed E-state index contributed by atoms with van der Waals surface area (Å²) >= 11 is 5.82. The van der Waals surface area contributed by atoms with E-state index < -0.39 is 5.82 Å². The molecule has 0 saturated carbocycles. The van der Waals surface area contributed by atoms with Gasteiger partial charge in [-0.15, -0.1) is 0 Å². The van der Waals surface area contributed by atoms with Crippen LogP contribution in [0.5, 0.6) is 0 Å². The van der Waals surface area contributed by atoms with Gasteiger partial charge >= 0.3 is 0 Å². The zero-order valence-electron chi connectivity index (χ0n) is 16.9. The Labute approximate surface area is 184 Å². The van der Waals surface area contributed by atoms with Crippen molar-refractivity contribution in [1.82, 2.24) is 19.9 Å². The molecule has 31 heavy (non-hydrogen) atoms. The van der Waals surface area contributed by atoms with Gasteiger partial charge in [-0.05, 0) is 44.4 Å². The lowest BCUT2D eigenvalue weighted by Gasteiger charge is -2.12. The normalized spacial score (nSPS) is 11.0. The first-order chi connectivity index (χ1) is 14.9. The van der Waals surface area contributed by atoms with Gasteiger partial charge in [0.1, 0.15) is 23.8 Å². The van der Waals surface area contributed by atoms with Crippen molar-refractivity contribution in [3.05, 3.63) is 71.9 Å². The van der Waals surface area contributed by atoms with Gasteiger partial charge in [-0.25, -0.2) is 19.3 Å². The Balaban J connectivity index is 1.71. The third kappa shape index (κ3) is 6.73. The number of nitrogens with zero attached hydrogens (tertiary/aromatic N) is 4. The van der Waals surface area contributed by atoms with Gasteiger partial charge in [-0.2, -0.15) is 0 Å². The Hall–Kier alpha value is -3.56. The molecule has 1 aromatic carbocycles. The first-order valence-corrected chi connectivity index (χ1v) is 9.67. The van der Waals surface area contributed by atoms with E-state index in [0.717, 1.165) is 0 Å². The molecule has 0 atom stereocenters. The van der Waals surface area contributed by atoms with Crippen molar-refractivity contribution in [3.8, 4) is 0 Å². The minimum absolute atomic E-state index is 0.00720. The van der Waals surface area contributed by atoms with Gasteiger partial charge in [-0.1, -0.05) is 17.7 Å². The monoisotopic (exact) mass is 441 g/mol. The molecule has 0 aliphatic carbocycles. The number of carbonyl (C=O) groups is 1. The molecule has 1 amide bonds. The zero-order chi connectivity index (χ0) is 22.2. The number of hydrogen-bond donors (Lipinski definition) is 3. The summed E-state index contributed by atoms with van der Waals surface area (Å²) in [4.78, 5) is 26.6. The van der Waals surface area contributed by atoms with E-state index in [1.54, 1.807) is 36.5 Å². The highest BCUT2D eigenvalue weighted by molar-refractivity contribution is 6.31. The average molecular weight is 442 g/mol. The molecule has 8 nitrogen and oxygen atoms in total. The second kappa shape index (κ2) is 10.5. The lowest BCUT2D eigenvalue weighted by Crippen LogP contribution is -2.14. The minimum Gasteiger partial charge on any atom is -0.340 e. The quantitative estimate of drug-likeness (QED) is 0.451. The van der Waals surface area contributed by atoms with E-state index in [4.69, 9.17) is 11.6 Å². The third-order valence-corrected chi connectivity index (χ3v) is 4.20. The molecule has 0 aliphatic heterocycles. The molecule has 160 valence electrons. The summed E-state index contributed by atoms with van der Waals surface area (Å²) in [5, 5.41) is 8.90. The van der Waals surface area contributed by atoms with Crippen LogP contribution in [0, 0.1) is 5.82 Å². The number of nitrogens with one attached hydrogen (secondary N) is 3. The Morgan fingerprint density at radius 2 is 1.90 bits per heavy atom. The lowest BCUT2D eigenvalue weighted by molar-refractivity contribution is -0.111. The van der Waals surface area contributed by atoms with E-state index in [0.29, 0.717) is 35.4 Å². The maximum Gasteiger partial charge on any atom is 0.249 e. The first-order valence-electron chi connectivity index (χ1n) is 9.29. The lowest BCUT2D eigenvalue weighted by atomic mass is 10.3. The van der Waals surface area contributed by atoms with Crippen LogP contribution in [0.2, 0.25) is 5.02 Å². The fourth-order valence-electron chi connectivity index (χ4n) is 2.49. The molecule has 0 spiro atoms. The summed E-state index contributed by atoms with van der Waals surface area (Å²) in [6.07, 6.45) is 6.17. The second-order valence-electron chi connectivity index (χ2n) is 6.72. The number of rotatable bonds is 8. The van der Waals surface area contributed by atoms with Crippen molar-refractivity contribution in [2.75, 3.05) is 36.6 Å². The molecule has 10 heteroatoms. The minimum atomic E-state index is -0.500. The largest absolute Gasteiger partial charge is 0.340 e. The summed E-state index contributed by atoms with van der Waals surface area (Å²) < 4.78 is 13.3. The van der Waals surface area contributed by atoms with Crippen molar-refractivity contribution in [3.63, 3.8) is 0 Å². The molecular weight excluding hydrogens is 421 g/mol. The number of pyridine rings is 1. The van der Waals surface area contributed by atoms with Crippen molar-refractivity contribution in [2.24, 2.45) is 0 Å². The van der Waals surface area contributed by atoms with Gasteiger partial charge in [0, 0.05) is 30.6 Å². The van der Waals surface area contributed by atoms with Crippen LogP contribution in [0.3, 0.4) is 0 Å². The number of likely N-dealkylation sites (N-methyl/N-ethyl adjacent to an activating group) is 1. The first kappa shape index (κ1) is 22.1. The van der Waals surface area contributed by atoms with Crippen LogP contribution in [0.4, 0.5) is 33.2 Å². The molecule has 0 bridgehead atoms. The number of aromatic nitrogens is 3. The highest BCUT2D eigenvalue weighted by Gasteiger charge is 2.08. The number of amides is 1. The number of carbonyl (C=O) groups excluding carboxylic acids is 1. The predicted molar refractivity (Wildman–Crippen MR) is 121 cm³/mol. The van der Waals surface area contributed by atoms with E-state index in [-0.39, 0.29) is 10.9 Å². The molecule has 0 aliphatic rings. The summed E-state index contributed by atoms with van der Waals surface area (Å²) in [7, 11) is 3.83. The van der Waals surface area contributed by atoms with Crippen molar-refractivity contribution in [2.45, 2.75) is 0 Å². The number of hydrogen-bond acceptors (Lipinski definition) is 7. The molecule has 0 fully saturated rings. The van der Waals surface area contributed by atoms with E-state index in [1.165, 1.54) is 24.5 Å². The summed E-state index contributed by atoms with van der Waals surface area (Å²) in [5.41, 5.74) is 1.14. The van der Waals surface area contributed by atoms with Gasteiger partial charge in [0.05, 0.1) is 10.7 Å². The SMILES string of the molecule is CN(C)C/C=C/C(=O)Nc1ncccc1Nc1cc(Nc2ccc(F)c(Cl)c2)ncn1. The Morgan fingerprint density at radius 1 is 1.13 bits per heavy atom. The van der Waals surface area contributed by atoms with Crippen LogP contribution < -0.4 is 16.0 Å². The molecule has 3 rings (SSSR count). The predicted octanol–water partition coefficient (Wildman–Crippen LogP) is 4.21. The average Bonchev–Trinajstić information content (AvgIpc) is 2.72. The number of anilines is 5. The highest BCUT2D eigenvalue weighted by atomic mass is 35.5. The zero-order valence-corrected chi connectivity index (χ0v) is 17.7. The molecule has 2 heterocycles. The summed E-state index contributed by atoms with van der Waals surface area (Å²) in [5.74, 6) is 0.515. The topological polar surface area (TPSA) is 95.1 Å². The van der Waals surface area contributed by atoms with Gasteiger partial charge in [0.15, 0.2) is 5.82 Å². The third-order valence-electron chi connectivity index (χ3n) is 3.91. The number of halogens is 2. The van der Waals surface area contributed by atoms with Crippen LogP contribution in [0.25, 0.3) is 0 Å². The number of benzene rings is 1.